The second kappa shape index (κ2) is 8.01. The number of carbonyl (C=O) groups is 2. The molecule has 1 aromatic carbocycles. The Balaban J connectivity index is 2.26. The Morgan fingerprint density at radius 1 is 1.20 bits per heavy atom. The summed E-state index contributed by atoms with van der Waals surface area (Å²) in [6, 6.07) is 8.25. The third-order valence-electron chi connectivity index (χ3n) is 5.36. The molecule has 1 N–H and O–H groups in total. The van der Waals surface area contributed by atoms with E-state index in [0.29, 0.717) is 35.8 Å². The number of amides is 1. The highest BCUT2D eigenvalue weighted by atomic mass is 16.5. The first-order chi connectivity index (χ1) is 14.1. The molecule has 6 heteroatoms. The smallest absolute Gasteiger partial charge is 0.295 e. The van der Waals surface area contributed by atoms with E-state index in [1.54, 1.807) is 25.1 Å². The van der Waals surface area contributed by atoms with Crippen molar-refractivity contribution in [1.29, 1.82) is 0 Å². The van der Waals surface area contributed by atoms with Crippen LogP contribution in [0, 0.1) is 6.92 Å². The summed E-state index contributed by atoms with van der Waals surface area (Å²) in [6.45, 7) is 10.3. The molecule has 0 bridgehead atoms. The maximum Gasteiger partial charge on any atom is 0.295 e. The number of ether oxygens (including phenoxy) is 1. The highest BCUT2D eigenvalue weighted by Crippen LogP contribution is 2.42. The number of methoxy groups -OCH3 is 1. The van der Waals surface area contributed by atoms with Gasteiger partial charge < -0.3 is 19.2 Å². The first-order valence-corrected chi connectivity index (χ1v) is 10.1. The summed E-state index contributed by atoms with van der Waals surface area (Å²) in [5, 5.41) is 11.3. The molecule has 1 unspecified atom stereocenters. The molecule has 1 aliphatic rings. The highest BCUT2D eigenvalue weighted by molar-refractivity contribution is 6.46. The molecule has 0 radical (unpaired) electrons. The van der Waals surface area contributed by atoms with Gasteiger partial charge in [0.2, 0.25) is 0 Å². The number of carbonyl (C=O) groups excluding carboxylic acids is 2. The lowest BCUT2D eigenvalue weighted by Crippen LogP contribution is -2.30. The molecule has 160 valence electrons. The Kier molecular flexibility index (Phi) is 5.79. The molecule has 6 nitrogen and oxygen atoms in total. The molecule has 30 heavy (non-hydrogen) atoms. The first-order valence-electron chi connectivity index (χ1n) is 10.1. The van der Waals surface area contributed by atoms with Crippen molar-refractivity contribution in [3.8, 4) is 5.75 Å². The number of ketones is 1. The number of nitrogens with zero attached hydrogens (tertiary/aromatic N) is 1. The van der Waals surface area contributed by atoms with Crippen LogP contribution in [0.15, 0.2) is 40.3 Å². The zero-order valence-electron chi connectivity index (χ0n) is 18.4. The van der Waals surface area contributed by atoms with E-state index >= 15 is 0 Å². The van der Waals surface area contributed by atoms with Crippen LogP contribution in [0.3, 0.4) is 0 Å². The number of hydrogen-bond donors (Lipinski definition) is 1. The van der Waals surface area contributed by atoms with Gasteiger partial charge in [0.25, 0.3) is 11.7 Å². The molecule has 0 saturated carbocycles. The van der Waals surface area contributed by atoms with E-state index in [9.17, 15) is 14.7 Å². The van der Waals surface area contributed by atoms with E-state index in [2.05, 4.69) is 20.8 Å². The minimum Gasteiger partial charge on any atom is -0.507 e. The van der Waals surface area contributed by atoms with Gasteiger partial charge in [0.15, 0.2) is 0 Å². The van der Waals surface area contributed by atoms with E-state index in [0.717, 1.165) is 5.56 Å². The molecule has 1 fully saturated rings. The summed E-state index contributed by atoms with van der Waals surface area (Å²) in [5.41, 5.74) is 1.20. The maximum absolute atomic E-state index is 13.0. The summed E-state index contributed by atoms with van der Waals surface area (Å²) in [4.78, 5) is 27.2. The van der Waals surface area contributed by atoms with Crippen LogP contribution in [0.4, 0.5) is 0 Å². The van der Waals surface area contributed by atoms with Gasteiger partial charge >= 0.3 is 0 Å². The van der Waals surface area contributed by atoms with Crippen molar-refractivity contribution < 1.29 is 23.8 Å². The monoisotopic (exact) mass is 411 g/mol. The quantitative estimate of drug-likeness (QED) is 0.437. The van der Waals surface area contributed by atoms with Crippen LogP contribution in [0.1, 0.15) is 62.8 Å². The highest BCUT2D eigenvalue weighted by Gasteiger charge is 2.47. The second-order valence-electron chi connectivity index (χ2n) is 8.61. The zero-order valence-corrected chi connectivity index (χ0v) is 18.4. The number of benzene rings is 1. The minimum absolute atomic E-state index is 0.0205. The lowest BCUT2D eigenvalue weighted by molar-refractivity contribution is -0.140. The molecule has 1 saturated heterocycles. The normalized spacial score (nSPS) is 18.9. The van der Waals surface area contributed by atoms with Gasteiger partial charge in [-0.2, -0.15) is 0 Å². The minimum atomic E-state index is -0.776. The lowest BCUT2D eigenvalue weighted by Gasteiger charge is -2.24. The van der Waals surface area contributed by atoms with Crippen LogP contribution >= 0.6 is 0 Å². The van der Waals surface area contributed by atoms with Crippen LogP contribution in [-0.2, 0) is 15.0 Å². The Morgan fingerprint density at radius 2 is 1.90 bits per heavy atom. The molecule has 1 atom stereocenters. The van der Waals surface area contributed by atoms with Crippen molar-refractivity contribution >= 4 is 17.4 Å². The third kappa shape index (κ3) is 3.74. The standard InChI is InChI=1S/C24H29NO5/c1-7-12-25-20(18-10-8-14(2)30-18)19(22(27)23(25)28)21(26)16-13-15(24(3,4)5)9-11-17(16)29-6/h8-11,13,20,26H,7,12H2,1-6H3/b21-19+. The fraction of sp³-hybridized carbons (Fsp3) is 0.417. The summed E-state index contributed by atoms with van der Waals surface area (Å²) in [7, 11) is 1.51. The van der Waals surface area contributed by atoms with Crippen LogP contribution < -0.4 is 4.74 Å². The number of aliphatic hydroxyl groups excluding tert-OH is 1. The summed E-state index contributed by atoms with van der Waals surface area (Å²) in [5.74, 6) is -0.0656. The lowest BCUT2D eigenvalue weighted by atomic mass is 9.85. The largest absolute Gasteiger partial charge is 0.507 e. The average molecular weight is 411 g/mol. The van der Waals surface area contributed by atoms with Crippen LogP contribution in [0.5, 0.6) is 5.75 Å². The Bertz CT molecular complexity index is 1010. The summed E-state index contributed by atoms with van der Waals surface area (Å²) >= 11 is 0. The van der Waals surface area contributed by atoms with Gasteiger partial charge in [-0.15, -0.1) is 0 Å². The SMILES string of the molecule is CCCN1C(=O)C(=O)/C(=C(/O)c2cc(C(C)(C)C)ccc2OC)C1c1ccc(C)o1. The average Bonchev–Trinajstić information content (AvgIpc) is 3.22. The number of hydrogen-bond acceptors (Lipinski definition) is 5. The number of furan rings is 1. The maximum atomic E-state index is 13.0. The molecule has 0 spiro atoms. The molecule has 1 amide bonds. The second-order valence-corrected chi connectivity index (χ2v) is 8.61. The van der Waals surface area contributed by atoms with Gasteiger partial charge in [-0.25, -0.2) is 0 Å². The van der Waals surface area contributed by atoms with E-state index in [-0.39, 0.29) is 16.7 Å². The van der Waals surface area contributed by atoms with E-state index < -0.39 is 17.7 Å². The van der Waals surface area contributed by atoms with Gasteiger partial charge in [0, 0.05) is 6.54 Å². The van der Waals surface area contributed by atoms with Crippen LogP contribution in [0.25, 0.3) is 5.76 Å². The summed E-state index contributed by atoms with van der Waals surface area (Å²) < 4.78 is 11.2. The van der Waals surface area contributed by atoms with Crippen molar-refractivity contribution in [3.05, 3.63) is 58.6 Å². The molecule has 1 aliphatic heterocycles. The fourth-order valence-corrected chi connectivity index (χ4v) is 3.75. The first kappa shape index (κ1) is 21.7. The molecule has 0 aliphatic carbocycles. The predicted octanol–water partition coefficient (Wildman–Crippen LogP) is 4.73. The number of aliphatic hydroxyl groups is 1. The number of rotatable bonds is 5. The van der Waals surface area contributed by atoms with Crippen molar-refractivity contribution in [2.45, 2.75) is 52.5 Å². The van der Waals surface area contributed by atoms with Gasteiger partial charge in [0.05, 0.1) is 18.2 Å². The molecule has 2 heterocycles. The molecular formula is C24H29NO5. The summed E-state index contributed by atoms with van der Waals surface area (Å²) in [6.07, 6.45) is 0.673. The van der Waals surface area contributed by atoms with Gasteiger partial charge in [-0.1, -0.05) is 33.8 Å². The molecular weight excluding hydrogens is 382 g/mol. The van der Waals surface area contributed by atoms with Crippen LogP contribution in [0.2, 0.25) is 0 Å². The zero-order chi connectivity index (χ0) is 22.2. The van der Waals surface area contributed by atoms with E-state index in [4.69, 9.17) is 9.15 Å². The number of likely N-dealkylation sites (tertiary alicyclic amines) is 1. The topological polar surface area (TPSA) is 80.0 Å². The Labute approximate surface area is 177 Å². The number of Topliss-reactive ketones (excluding diaryl/α,β-unsaturated/α-hetero) is 1. The van der Waals surface area contributed by atoms with Crippen molar-refractivity contribution in [2.75, 3.05) is 13.7 Å². The fourth-order valence-electron chi connectivity index (χ4n) is 3.75. The molecule has 2 aromatic rings. The Hall–Kier alpha value is -3.02. The number of aryl methyl sites for hydroxylation is 1. The molecule has 3 rings (SSSR count). The van der Waals surface area contributed by atoms with Gasteiger partial charge in [-0.05, 0) is 48.6 Å². The van der Waals surface area contributed by atoms with Crippen molar-refractivity contribution in [1.82, 2.24) is 4.90 Å². The van der Waals surface area contributed by atoms with Crippen LogP contribution in [-0.4, -0.2) is 35.4 Å². The van der Waals surface area contributed by atoms with E-state index in [1.807, 2.05) is 19.1 Å². The van der Waals surface area contributed by atoms with E-state index in [1.165, 1.54) is 12.0 Å². The van der Waals surface area contributed by atoms with Gasteiger partial charge in [0.1, 0.15) is 29.1 Å². The van der Waals surface area contributed by atoms with Crippen molar-refractivity contribution in [3.63, 3.8) is 0 Å². The molecule has 1 aromatic heterocycles. The third-order valence-corrected chi connectivity index (χ3v) is 5.36. The predicted molar refractivity (Wildman–Crippen MR) is 114 cm³/mol. The Morgan fingerprint density at radius 3 is 2.43 bits per heavy atom. The van der Waals surface area contributed by atoms with Crippen molar-refractivity contribution in [2.24, 2.45) is 0 Å². The van der Waals surface area contributed by atoms with Gasteiger partial charge in [-0.3, -0.25) is 9.59 Å².